The van der Waals surface area contributed by atoms with Gasteiger partial charge in [0.2, 0.25) is 0 Å². The van der Waals surface area contributed by atoms with Crippen molar-refractivity contribution in [3.63, 3.8) is 0 Å². The van der Waals surface area contributed by atoms with Gasteiger partial charge in [-0.15, -0.1) is 0 Å². The second kappa shape index (κ2) is 3.61. The van der Waals surface area contributed by atoms with Crippen LogP contribution in [0.3, 0.4) is 0 Å². The van der Waals surface area contributed by atoms with Crippen molar-refractivity contribution in [1.29, 1.82) is 0 Å². The molecule has 1 rings (SSSR count). The first-order valence-electron chi connectivity index (χ1n) is 4.14. The Morgan fingerprint density at radius 1 is 1.14 bits per heavy atom. The number of aryl methyl sites for hydroxylation is 2. The first-order chi connectivity index (χ1) is 6.32. The van der Waals surface area contributed by atoms with Crippen LogP contribution in [0, 0.1) is 13.8 Å². The topological polar surface area (TPSA) is 20.2 Å². The maximum atomic E-state index is 12.1. The first-order valence-corrected chi connectivity index (χ1v) is 4.14. The summed E-state index contributed by atoms with van der Waals surface area (Å²) in [4.78, 5) is 0. The summed E-state index contributed by atoms with van der Waals surface area (Å²) in [6.07, 6.45) is -6.98. The molecule has 1 nitrogen and oxygen atoms in total. The molecule has 1 unspecified atom stereocenters. The van der Waals surface area contributed by atoms with E-state index < -0.39 is 12.3 Å². The van der Waals surface area contributed by atoms with Crippen molar-refractivity contribution in [2.45, 2.75) is 26.1 Å². The second-order valence-electron chi connectivity index (χ2n) is 3.29. The maximum absolute atomic E-state index is 12.1. The predicted octanol–water partition coefficient (Wildman–Crippen LogP) is 2.90. The standard InChI is InChI=1S/C10H11F3O/c1-6-3-4-8(5-7(6)2)9(14)10(11,12)13/h3-5,9,14H,1-2H3. The Labute approximate surface area is 80.2 Å². The lowest BCUT2D eigenvalue weighted by Gasteiger charge is -2.15. The second-order valence-corrected chi connectivity index (χ2v) is 3.29. The molecular formula is C10H11F3O. The van der Waals surface area contributed by atoms with E-state index in [1.165, 1.54) is 12.1 Å². The molecule has 0 radical (unpaired) electrons. The van der Waals surface area contributed by atoms with Gasteiger partial charge in [-0.2, -0.15) is 13.2 Å². The smallest absolute Gasteiger partial charge is 0.379 e. The van der Waals surface area contributed by atoms with Crippen LogP contribution in [-0.2, 0) is 0 Å². The van der Waals surface area contributed by atoms with Crippen molar-refractivity contribution in [3.05, 3.63) is 34.9 Å². The van der Waals surface area contributed by atoms with Gasteiger partial charge in [-0.05, 0) is 30.5 Å². The molecule has 4 heteroatoms. The number of hydrogen-bond acceptors (Lipinski definition) is 1. The predicted molar refractivity (Wildman–Crippen MR) is 46.9 cm³/mol. The quantitative estimate of drug-likeness (QED) is 0.745. The highest BCUT2D eigenvalue weighted by atomic mass is 19.4. The van der Waals surface area contributed by atoms with E-state index in [-0.39, 0.29) is 5.56 Å². The third-order valence-corrected chi connectivity index (χ3v) is 2.16. The van der Waals surface area contributed by atoms with Crippen molar-refractivity contribution in [2.75, 3.05) is 0 Å². The van der Waals surface area contributed by atoms with Crippen LogP contribution in [0.25, 0.3) is 0 Å². The molecule has 0 spiro atoms. The number of aliphatic hydroxyl groups excluding tert-OH is 1. The van der Waals surface area contributed by atoms with Crippen LogP contribution >= 0.6 is 0 Å². The molecule has 0 fully saturated rings. The zero-order valence-corrected chi connectivity index (χ0v) is 7.89. The number of rotatable bonds is 1. The number of aliphatic hydroxyl groups is 1. The largest absolute Gasteiger partial charge is 0.418 e. The SMILES string of the molecule is Cc1ccc(C(O)C(F)(F)F)cc1C. The van der Waals surface area contributed by atoms with Gasteiger partial charge in [0.15, 0.2) is 6.10 Å². The Bertz CT molecular complexity index is 331. The van der Waals surface area contributed by atoms with Gasteiger partial charge >= 0.3 is 6.18 Å². The maximum Gasteiger partial charge on any atom is 0.418 e. The van der Waals surface area contributed by atoms with Crippen LogP contribution in [0.4, 0.5) is 13.2 Å². The molecule has 0 amide bonds. The zero-order chi connectivity index (χ0) is 10.9. The van der Waals surface area contributed by atoms with Gasteiger partial charge in [0.25, 0.3) is 0 Å². The van der Waals surface area contributed by atoms with E-state index in [0.717, 1.165) is 11.1 Å². The van der Waals surface area contributed by atoms with Gasteiger partial charge in [-0.1, -0.05) is 18.2 Å². The summed E-state index contributed by atoms with van der Waals surface area (Å²) in [6.45, 7) is 3.51. The fourth-order valence-corrected chi connectivity index (χ4v) is 1.12. The lowest BCUT2D eigenvalue weighted by atomic mass is 10.0. The molecule has 1 aromatic carbocycles. The highest BCUT2D eigenvalue weighted by molar-refractivity contribution is 5.31. The first kappa shape index (κ1) is 11.0. The normalized spacial score (nSPS) is 14.1. The minimum atomic E-state index is -4.60. The summed E-state index contributed by atoms with van der Waals surface area (Å²) in [5.41, 5.74) is 1.54. The van der Waals surface area contributed by atoms with Gasteiger partial charge in [0.05, 0.1) is 0 Å². The van der Waals surface area contributed by atoms with Crippen molar-refractivity contribution in [2.24, 2.45) is 0 Å². The molecule has 1 N–H and O–H groups in total. The van der Waals surface area contributed by atoms with Crippen LogP contribution in [-0.4, -0.2) is 11.3 Å². The van der Waals surface area contributed by atoms with E-state index in [2.05, 4.69) is 0 Å². The molecule has 0 aromatic heterocycles. The summed E-state index contributed by atoms with van der Waals surface area (Å²) < 4.78 is 36.4. The highest BCUT2D eigenvalue weighted by Gasteiger charge is 2.39. The van der Waals surface area contributed by atoms with E-state index in [0.29, 0.717) is 0 Å². The summed E-state index contributed by atoms with van der Waals surface area (Å²) >= 11 is 0. The highest BCUT2D eigenvalue weighted by Crippen LogP contribution is 2.32. The van der Waals surface area contributed by atoms with Crippen LogP contribution in [0.15, 0.2) is 18.2 Å². The lowest BCUT2D eigenvalue weighted by molar-refractivity contribution is -0.206. The van der Waals surface area contributed by atoms with Crippen LogP contribution in [0.5, 0.6) is 0 Å². The van der Waals surface area contributed by atoms with E-state index >= 15 is 0 Å². The molecule has 78 valence electrons. The van der Waals surface area contributed by atoms with Gasteiger partial charge in [-0.3, -0.25) is 0 Å². The Hall–Kier alpha value is -1.03. The number of alkyl halides is 3. The number of hydrogen-bond donors (Lipinski definition) is 1. The van der Waals surface area contributed by atoms with Gasteiger partial charge in [-0.25, -0.2) is 0 Å². The molecular weight excluding hydrogens is 193 g/mol. The van der Waals surface area contributed by atoms with Crippen molar-refractivity contribution >= 4 is 0 Å². The molecule has 0 aliphatic carbocycles. The molecule has 0 aliphatic heterocycles. The zero-order valence-electron chi connectivity index (χ0n) is 7.89. The minimum absolute atomic E-state index is 0.111. The minimum Gasteiger partial charge on any atom is -0.379 e. The Kier molecular flexibility index (Phi) is 2.85. The Morgan fingerprint density at radius 3 is 2.14 bits per heavy atom. The fourth-order valence-electron chi connectivity index (χ4n) is 1.12. The molecule has 0 heterocycles. The van der Waals surface area contributed by atoms with Crippen LogP contribution < -0.4 is 0 Å². The summed E-state index contributed by atoms with van der Waals surface area (Å²) in [7, 11) is 0. The molecule has 0 saturated heterocycles. The fraction of sp³-hybridized carbons (Fsp3) is 0.400. The molecule has 1 atom stereocenters. The average molecular weight is 204 g/mol. The monoisotopic (exact) mass is 204 g/mol. The Morgan fingerprint density at radius 2 is 1.71 bits per heavy atom. The van der Waals surface area contributed by atoms with E-state index in [4.69, 9.17) is 5.11 Å². The van der Waals surface area contributed by atoms with E-state index in [1.807, 2.05) is 0 Å². The Balaban J connectivity index is 3.03. The summed E-state index contributed by atoms with van der Waals surface area (Å²) in [5.74, 6) is 0. The third-order valence-electron chi connectivity index (χ3n) is 2.16. The summed E-state index contributed by atoms with van der Waals surface area (Å²) in [6, 6.07) is 4.22. The third kappa shape index (κ3) is 2.26. The van der Waals surface area contributed by atoms with Crippen LogP contribution in [0.2, 0.25) is 0 Å². The van der Waals surface area contributed by atoms with E-state index in [1.54, 1.807) is 19.9 Å². The van der Waals surface area contributed by atoms with E-state index in [9.17, 15) is 13.2 Å². The average Bonchev–Trinajstić information content (AvgIpc) is 2.07. The van der Waals surface area contributed by atoms with Crippen molar-refractivity contribution in [3.8, 4) is 0 Å². The summed E-state index contributed by atoms with van der Waals surface area (Å²) in [5, 5.41) is 8.95. The molecule has 0 saturated carbocycles. The molecule has 0 aliphatic rings. The van der Waals surface area contributed by atoms with Gasteiger partial charge in [0.1, 0.15) is 0 Å². The lowest BCUT2D eigenvalue weighted by Crippen LogP contribution is -2.20. The molecule has 1 aromatic rings. The number of halogens is 3. The van der Waals surface area contributed by atoms with Gasteiger partial charge in [0, 0.05) is 0 Å². The van der Waals surface area contributed by atoms with Gasteiger partial charge < -0.3 is 5.11 Å². The number of benzene rings is 1. The molecule has 14 heavy (non-hydrogen) atoms. The van der Waals surface area contributed by atoms with Crippen molar-refractivity contribution < 1.29 is 18.3 Å². The van der Waals surface area contributed by atoms with Crippen LogP contribution in [0.1, 0.15) is 22.8 Å². The molecule has 0 bridgehead atoms. The van der Waals surface area contributed by atoms with Crippen molar-refractivity contribution in [1.82, 2.24) is 0 Å².